The molecule has 5 nitrogen and oxygen atoms in total. The van der Waals surface area contributed by atoms with E-state index in [1.54, 1.807) is 0 Å². The minimum absolute atomic E-state index is 0.0696. The van der Waals surface area contributed by atoms with Crippen molar-refractivity contribution in [3.63, 3.8) is 0 Å². The largest absolute Gasteiger partial charge is 0.508 e. The lowest BCUT2D eigenvalue weighted by molar-refractivity contribution is 0.0693. The van der Waals surface area contributed by atoms with E-state index in [1.165, 1.54) is 54.6 Å². The molecule has 0 saturated carbocycles. The second-order valence-electron chi connectivity index (χ2n) is 4.33. The molecule has 3 N–H and O–H groups in total. The molecule has 0 saturated heterocycles. The predicted molar refractivity (Wildman–Crippen MR) is 76.5 cm³/mol. The van der Waals surface area contributed by atoms with Crippen LogP contribution in [0, 0.1) is 0 Å². The first-order valence-corrected chi connectivity index (χ1v) is 6.05. The zero-order valence-electron chi connectivity index (χ0n) is 10.9. The maximum absolute atomic E-state index is 11.9. The average molecular weight is 284 g/mol. The first-order chi connectivity index (χ1) is 9.97. The van der Waals surface area contributed by atoms with Crippen molar-refractivity contribution >= 4 is 17.8 Å². The lowest BCUT2D eigenvalue weighted by atomic mass is 10.1. The molecule has 2 rings (SSSR count). The highest BCUT2D eigenvalue weighted by Crippen LogP contribution is 2.19. The van der Waals surface area contributed by atoms with Gasteiger partial charge in [-0.05, 0) is 48.0 Å². The molecule has 0 bridgehead atoms. The predicted octanol–water partition coefficient (Wildman–Crippen LogP) is 2.69. The zero-order valence-corrected chi connectivity index (χ0v) is 10.9. The molecule has 0 radical (unpaired) electrons. The Morgan fingerprint density at radius 2 is 1.62 bits per heavy atom. The molecular formula is C16H12O5. The normalized spacial score (nSPS) is 10.7. The van der Waals surface area contributed by atoms with Gasteiger partial charge in [0.25, 0.3) is 0 Å². The van der Waals surface area contributed by atoms with Crippen LogP contribution in [0.25, 0.3) is 6.08 Å². The number of rotatable bonds is 4. The van der Waals surface area contributed by atoms with Gasteiger partial charge in [0.2, 0.25) is 0 Å². The van der Waals surface area contributed by atoms with Crippen molar-refractivity contribution in [1.29, 1.82) is 0 Å². The van der Waals surface area contributed by atoms with Gasteiger partial charge >= 0.3 is 5.97 Å². The molecule has 0 fully saturated rings. The van der Waals surface area contributed by atoms with E-state index in [2.05, 4.69) is 0 Å². The van der Waals surface area contributed by atoms with Crippen molar-refractivity contribution in [2.75, 3.05) is 0 Å². The smallest absolute Gasteiger partial charge is 0.339 e. The number of carboxylic acids is 1. The number of benzene rings is 2. The second kappa shape index (κ2) is 5.92. The molecule has 0 aliphatic carbocycles. The Bertz CT molecular complexity index is 714. The third-order valence-corrected chi connectivity index (χ3v) is 2.83. The van der Waals surface area contributed by atoms with Crippen molar-refractivity contribution in [1.82, 2.24) is 0 Å². The summed E-state index contributed by atoms with van der Waals surface area (Å²) in [5.74, 6) is -1.78. The maximum atomic E-state index is 11.9. The molecular weight excluding hydrogens is 272 g/mol. The summed E-state index contributed by atoms with van der Waals surface area (Å²) in [7, 11) is 0. The molecule has 0 spiro atoms. The van der Waals surface area contributed by atoms with E-state index < -0.39 is 5.97 Å². The van der Waals surface area contributed by atoms with Crippen LogP contribution in [0.1, 0.15) is 26.3 Å². The van der Waals surface area contributed by atoms with E-state index in [1.807, 2.05) is 0 Å². The highest BCUT2D eigenvalue weighted by molar-refractivity contribution is 6.07. The van der Waals surface area contributed by atoms with Crippen molar-refractivity contribution in [2.24, 2.45) is 0 Å². The van der Waals surface area contributed by atoms with Crippen LogP contribution in [0.15, 0.2) is 48.5 Å². The molecule has 0 aromatic heterocycles. The number of carbonyl (C=O) groups is 2. The summed E-state index contributed by atoms with van der Waals surface area (Å²) < 4.78 is 0. The van der Waals surface area contributed by atoms with E-state index in [9.17, 15) is 14.7 Å². The van der Waals surface area contributed by atoms with Gasteiger partial charge in [0, 0.05) is 5.56 Å². The summed E-state index contributed by atoms with van der Waals surface area (Å²) >= 11 is 0. The monoisotopic (exact) mass is 284 g/mol. The summed E-state index contributed by atoms with van der Waals surface area (Å²) in [6.45, 7) is 0. The van der Waals surface area contributed by atoms with Gasteiger partial charge in [-0.1, -0.05) is 12.1 Å². The molecule has 5 heteroatoms. The van der Waals surface area contributed by atoms with Gasteiger partial charge in [-0.15, -0.1) is 0 Å². The molecule has 0 unspecified atom stereocenters. The number of aromatic carboxylic acids is 1. The number of phenolic OH excluding ortho intramolecular Hbond substituents is 1. The van der Waals surface area contributed by atoms with Gasteiger partial charge in [-0.25, -0.2) is 4.79 Å². The van der Waals surface area contributed by atoms with Gasteiger partial charge in [0.05, 0.1) is 0 Å². The fourth-order valence-corrected chi connectivity index (χ4v) is 1.72. The summed E-state index contributed by atoms with van der Waals surface area (Å²) in [5.41, 5.74) is 0.660. The highest BCUT2D eigenvalue weighted by atomic mass is 16.4. The molecule has 0 atom stereocenters. The van der Waals surface area contributed by atoms with E-state index in [0.29, 0.717) is 11.1 Å². The Morgan fingerprint density at radius 3 is 2.24 bits per heavy atom. The van der Waals surface area contributed by atoms with Crippen LogP contribution in [-0.2, 0) is 0 Å². The first-order valence-electron chi connectivity index (χ1n) is 6.05. The van der Waals surface area contributed by atoms with Gasteiger partial charge in [-0.3, -0.25) is 4.79 Å². The average Bonchev–Trinajstić information content (AvgIpc) is 2.46. The van der Waals surface area contributed by atoms with Gasteiger partial charge < -0.3 is 15.3 Å². The third-order valence-electron chi connectivity index (χ3n) is 2.83. The lowest BCUT2D eigenvalue weighted by Crippen LogP contribution is -1.97. The van der Waals surface area contributed by atoms with Gasteiger partial charge in [-0.2, -0.15) is 0 Å². The van der Waals surface area contributed by atoms with Crippen LogP contribution in [0.3, 0.4) is 0 Å². The molecule has 21 heavy (non-hydrogen) atoms. The van der Waals surface area contributed by atoms with E-state index in [0.717, 1.165) is 0 Å². The Morgan fingerprint density at radius 1 is 0.952 bits per heavy atom. The zero-order chi connectivity index (χ0) is 15.4. The van der Waals surface area contributed by atoms with Crippen molar-refractivity contribution in [3.8, 4) is 11.5 Å². The number of hydrogen-bond donors (Lipinski definition) is 3. The number of ketones is 1. The standard InChI is InChI=1S/C16H12O5/c17-12-5-3-11(4-6-12)14(18)7-1-10-2-8-15(19)13(9-10)16(20)21/h1-9,17,19H,(H,20,21). The maximum Gasteiger partial charge on any atom is 0.339 e. The van der Waals surface area contributed by atoms with Gasteiger partial charge in [0.15, 0.2) is 5.78 Å². The molecule has 106 valence electrons. The highest BCUT2D eigenvalue weighted by Gasteiger charge is 2.09. The molecule has 2 aromatic carbocycles. The van der Waals surface area contributed by atoms with Crippen molar-refractivity contribution in [2.45, 2.75) is 0 Å². The quantitative estimate of drug-likeness (QED) is 0.592. The summed E-state index contributed by atoms with van der Waals surface area (Å²) in [6.07, 6.45) is 2.76. The molecule has 0 heterocycles. The van der Waals surface area contributed by atoms with E-state index >= 15 is 0 Å². The van der Waals surface area contributed by atoms with Crippen LogP contribution < -0.4 is 0 Å². The summed E-state index contributed by atoms with van der Waals surface area (Å²) in [5, 5.41) is 27.4. The fourth-order valence-electron chi connectivity index (χ4n) is 1.72. The Balaban J connectivity index is 2.21. The Labute approximate surface area is 120 Å². The lowest BCUT2D eigenvalue weighted by Gasteiger charge is -2.01. The van der Waals surface area contributed by atoms with Gasteiger partial charge in [0.1, 0.15) is 17.1 Å². The number of carboxylic acid groups (broad SMARTS) is 1. The van der Waals surface area contributed by atoms with Crippen LogP contribution in [-0.4, -0.2) is 27.1 Å². The number of allylic oxidation sites excluding steroid dienone is 1. The molecule has 0 amide bonds. The fraction of sp³-hybridized carbons (Fsp3) is 0. The number of phenols is 2. The summed E-state index contributed by atoms with van der Waals surface area (Å²) in [6, 6.07) is 9.83. The number of carbonyl (C=O) groups excluding carboxylic acids is 1. The molecule has 0 aliphatic heterocycles. The Kier molecular flexibility index (Phi) is 4.04. The third kappa shape index (κ3) is 3.48. The number of hydrogen-bond acceptors (Lipinski definition) is 4. The van der Waals surface area contributed by atoms with E-state index in [4.69, 9.17) is 10.2 Å². The molecule has 0 aliphatic rings. The van der Waals surface area contributed by atoms with Crippen molar-refractivity contribution in [3.05, 3.63) is 65.2 Å². The SMILES string of the molecule is O=C(C=Cc1ccc(O)c(C(=O)O)c1)c1ccc(O)cc1. The minimum atomic E-state index is -1.24. The van der Waals surface area contributed by atoms with Crippen molar-refractivity contribution < 1.29 is 24.9 Å². The number of aromatic hydroxyl groups is 2. The Hall–Kier alpha value is -3.08. The topological polar surface area (TPSA) is 94.8 Å². The summed E-state index contributed by atoms with van der Waals surface area (Å²) in [4.78, 5) is 22.8. The van der Waals surface area contributed by atoms with Crippen LogP contribution >= 0.6 is 0 Å². The first kappa shape index (κ1) is 14.3. The molecule has 2 aromatic rings. The minimum Gasteiger partial charge on any atom is -0.508 e. The van der Waals surface area contributed by atoms with E-state index in [-0.39, 0.29) is 22.8 Å². The second-order valence-corrected chi connectivity index (χ2v) is 4.33. The van der Waals surface area contributed by atoms with Crippen LogP contribution in [0.4, 0.5) is 0 Å². The van der Waals surface area contributed by atoms with Crippen LogP contribution in [0.5, 0.6) is 11.5 Å². The van der Waals surface area contributed by atoms with Crippen LogP contribution in [0.2, 0.25) is 0 Å².